The van der Waals surface area contributed by atoms with E-state index < -0.39 is 23.7 Å². The summed E-state index contributed by atoms with van der Waals surface area (Å²) < 4.78 is 4.94. The number of anilines is 2. The molecule has 2 aliphatic rings. The number of hydrogen-bond donors (Lipinski definition) is 0. The van der Waals surface area contributed by atoms with Gasteiger partial charge in [-0.1, -0.05) is 35.9 Å². The minimum atomic E-state index is -0.862. The molecule has 34 heavy (non-hydrogen) atoms. The van der Waals surface area contributed by atoms with Gasteiger partial charge >= 0.3 is 5.97 Å². The number of para-hydroxylation sites is 1. The number of carbonyl (C=O) groups is 4. The number of benzene rings is 3. The van der Waals surface area contributed by atoms with Crippen molar-refractivity contribution in [1.82, 2.24) is 0 Å². The second-order valence-corrected chi connectivity index (χ2v) is 8.55. The molecule has 0 radical (unpaired) electrons. The standard InChI is InChI=1S/C26H19ClN2O5/c1-28-19-12-11-17-16-5-3-4-6-18(16)29(25(32)14-7-9-15(27)10-8-14)20(13-21(30)34-2)22(17)23(19)24(31)26(28)33/h3-12,20H,13H2,1-2H3. The molecule has 8 heteroatoms. The number of esters is 1. The Hall–Kier alpha value is -3.97. The van der Waals surface area contributed by atoms with E-state index in [-0.39, 0.29) is 17.9 Å². The van der Waals surface area contributed by atoms with E-state index in [1.807, 2.05) is 18.2 Å². The zero-order valence-corrected chi connectivity index (χ0v) is 19.1. The molecule has 0 aromatic heterocycles. The Balaban J connectivity index is 1.80. The summed E-state index contributed by atoms with van der Waals surface area (Å²) in [6, 6.07) is 16.4. The van der Waals surface area contributed by atoms with Crippen molar-refractivity contribution in [3.8, 4) is 11.1 Å². The monoisotopic (exact) mass is 474 g/mol. The van der Waals surface area contributed by atoms with Crippen LogP contribution in [0.15, 0.2) is 60.7 Å². The SMILES string of the molecule is COC(=O)CC1c2c(ccc3c2C(=O)C(=O)N3C)-c2ccccc2N1C(=O)c1ccc(Cl)cc1. The van der Waals surface area contributed by atoms with Gasteiger partial charge in [-0.2, -0.15) is 0 Å². The Morgan fingerprint density at radius 1 is 0.941 bits per heavy atom. The Morgan fingerprint density at radius 3 is 2.35 bits per heavy atom. The van der Waals surface area contributed by atoms with Crippen molar-refractivity contribution in [3.05, 3.63) is 82.4 Å². The van der Waals surface area contributed by atoms with E-state index in [1.165, 1.54) is 24.0 Å². The van der Waals surface area contributed by atoms with Gasteiger partial charge in [-0.15, -0.1) is 0 Å². The Kier molecular flexibility index (Phi) is 5.21. The predicted octanol–water partition coefficient (Wildman–Crippen LogP) is 4.43. The molecule has 0 saturated heterocycles. The molecule has 3 aromatic rings. The molecule has 0 aliphatic carbocycles. The van der Waals surface area contributed by atoms with Crippen LogP contribution in [-0.4, -0.2) is 37.7 Å². The van der Waals surface area contributed by atoms with Gasteiger partial charge in [0.1, 0.15) is 0 Å². The molecule has 0 fully saturated rings. The number of fused-ring (bicyclic) bond motifs is 5. The average Bonchev–Trinajstić information content (AvgIpc) is 3.07. The first-order chi connectivity index (χ1) is 16.3. The molecule has 1 unspecified atom stereocenters. The third-order valence-electron chi connectivity index (χ3n) is 6.31. The topological polar surface area (TPSA) is 84.0 Å². The van der Waals surface area contributed by atoms with Crippen LogP contribution in [0.3, 0.4) is 0 Å². The van der Waals surface area contributed by atoms with Gasteiger partial charge in [0.25, 0.3) is 17.6 Å². The number of hydrogen-bond acceptors (Lipinski definition) is 5. The summed E-state index contributed by atoms with van der Waals surface area (Å²) in [5.41, 5.74) is 3.49. The molecular weight excluding hydrogens is 456 g/mol. The number of carbonyl (C=O) groups excluding carboxylic acids is 4. The molecule has 7 nitrogen and oxygen atoms in total. The first-order valence-corrected chi connectivity index (χ1v) is 11.0. The lowest BCUT2D eigenvalue weighted by Gasteiger charge is -2.39. The lowest BCUT2D eigenvalue weighted by molar-refractivity contribution is -0.141. The van der Waals surface area contributed by atoms with Crippen molar-refractivity contribution >= 4 is 46.5 Å². The maximum Gasteiger partial charge on any atom is 0.307 e. The molecule has 2 heterocycles. The van der Waals surface area contributed by atoms with Crippen LogP contribution in [0, 0.1) is 0 Å². The summed E-state index contributed by atoms with van der Waals surface area (Å²) in [5, 5.41) is 0.483. The quantitative estimate of drug-likeness (QED) is 0.414. The molecule has 3 aromatic carbocycles. The lowest BCUT2D eigenvalue weighted by atomic mass is 9.82. The Bertz CT molecular complexity index is 1380. The lowest BCUT2D eigenvalue weighted by Crippen LogP contribution is -2.39. The van der Waals surface area contributed by atoms with E-state index in [2.05, 4.69) is 0 Å². The molecule has 0 saturated carbocycles. The fourth-order valence-electron chi connectivity index (χ4n) is 4.70. The third-order valence-corrected chi connectivity index (χ3v) is 6.56. The maximum absolute atomic E-state index is 13.8. The fraction of sp³-hybridized carbons (Fsp3) is 0.154. The van der Waals surface area contributed by atoms with Crippen LogP contribution in [-0.2, 0) is 14.3 Å². The zero-order valence-electron chi connectivity index (χ0n) is 18.4. The van der Waals surface area contributed by atoms with Crippen LogP contribution in [0.4, 0.5) is 11.4 Å². The number of ether oxygens (including phenoxy) is 1. The van der Waals surface area contributed by atoms with E-state index in [4.69, 9.17) is 16.3 Å². The van der Waals surface area contributed by atoms with Gasteiger partial charge in [-0.3, -0.25) is 24.1 Å². The van der Waals surface area contributed by atoms with Gasteiger partial charge < -0.3 is 9.64 Å². The molecule has 0 spiro atoms. The number of Topliss-reactive ketones (excluding diaryl/α,β-unsaturated/α-hetero) is 1. The van der Waals surface area contributed by atoms with E-state index >= 15 is 0 Å². The summed E-state index contributed by atoms with van der Waals surface area (Å²) in [6.07, 6.45) is -0.196. The van der Waals surface area contributed by atoms with Crippen molar-refractivity contribution < 1.29 is 23.9 Å². The molecule has 2 aliphatic heterocycles. The van der Waals surface area contributed by atoms with Gasteiger partial charge in [0.15, 0.2) is 0 Å². The Labute approximate surface area is 200 Å². The fourth-order valence-corrected chi connectivity index (χ4v) is 4.83. The highest BCUT2D eigenvalue weighted by atomic mass is 35.5. The number of likely N-dealkylation sites (N-methyl/N-ethyl adjacent to an activating group) is 1. The van der Waals surface area contributed by atoms with Crippen LogP contribution in [0.1, 0.15) is 38.7 Å². The average molecular weight is 475 g/mol. The van der Waals surface area contributed by atoms with Crippen LogP contribution >= 0.6 is 11.6 Å². The molecule has 0 N–H and O–H groups in total. The maximum atomic E-state index is 13.8. The van der Waals surface area contributed by atoms with Crippen molar-refractivity contribution in [2.45, 2.75) is 12.5 Å². The van der Waals surface area contributed by atoms with Crippen molar-refractivity contribution in [2.24, 2.45) is 0 Å². The van der Waals surface area contributed by atoms with E-state index in [9.17, 15) is 19.2 Å². The molecular formula is C26H19ClN2O5. The molecule has 1 atom stereocenters. The number of rotatable bonds is 3. The second kappa shape index (κ2) is 8.11. The van der Waals surface area contributed by atoms with Crippen LogP contribution in [0.5, 0.6) is 0 Å². The highest BCUT2D eigenvalue weighted by molar-refractivity contribution is 6.52. The molecule has 2 amide bonds. The first kappa shape index (κ1) is 21.9. The molecule has 170 valence electrons. The van der Waals surface area contributed by atoms with Gasteiger partial charge in [0.05, 0.1) is 36.5 Å². The largest absolute Gasteiger partial charge is 0.469 e. The number of ketones is 1. The summed E-state index contributed by atoms with van der Waals surface area (Å²) in [5.74, 6) is -2.24. The normalized spacial score (nSPS) is 16.1. The smallest absolute Gasteiger partial charge is 0.307 e. The van der Waals surface area contributed by atoms with E-state index in [0.717, 1.165) is 5.56 Å². The summed E-state index contributed by atoms with van der Waals surface area (Å²) in [7, 11) is 2.80. The number of amides is 2. The highest BCUT2D eigenvalue weighted by Crippen LogP contribution is 2.50. The van der Waals surface area contributed by atoms with Crippen LogP contribution in [0.25, 0.3) is 11.1 Å². The summed E-state index contributed by atoms with van der Waals surface area (Å²) in [4.78, 5) is 54.8. The van der Waals surface area contributed by atoms with Gasteiger partial charge in [0.2, 0.25) is 0 Å². The minimum Gasteiger partial charge on any atom is -0.469 e. The second-order valence-electron chi connectivity index (χ2n) is 8.11. The minimum absolute atomic E-state index is 0.196. The zero-order chi connectivity index (χ0) is 24.1. The molecule has 5 rings (SSSR count). The number of nitrogens with zero attached hydrogens (tertiary/aromatic N) is 2. The summed E-state index contributed by atoms with van der Waals surface area (Å²) >= 11 is 6.01. The van der Waals surface area contributed by atoms with Gasteiger partial charge in [-0.05, 0) is 47.5 Å². The Morgan fingerprint density at radius 2 is 1.65 bits per heavy atom. The third kappa shape index (κ3) is 3.20. The van der Waals surface area contributed by atoms with Gasteiger partial charge in [0, 0.05) is 23.2 Å². The first-order valence-electron chi connectivity index (χ1n) is 10.6. The highest BCUT2D eigenvalue weighted by Gasteiger charge is 2.44. The van der Waals surface area contributed by atoms with E-state index in [1.54, 1.807) is 42.5 Å². The number of halogens is 1. The van der Waals surface area contributed by atoms with E-state index in [0.29, 0.717) is 33.1 Å². The van der Waals surface area contributed by atoms with Gasteiger partial charge in [-0.25, -0.2) is 0 Å². The van der Waals surface area contributed by atoms with Crippen LogP contribution < -0.4 is 9.80 Å². The van der Waals surface area contributed by atoms with Crippen molar-refractivity contribution in [1.29, 1.82) is 0 Å². The summed E-state index contributed by atoms with van der Waals surface area (Å²) in [6.45, 7) is 0. The molecule has 0 bridgehead atoms. The predicted molar refractivity (Wildman–Crippen MR) is 127 cm³/mol. The van der Waals surface area contributed by atoms with Crippen LogP contribution in [0.2, 0.25) is 5.02 Å². The van der Waals surface area contributed by atoms with Crippen molar-refractivity contribution in [3.63, 3.8) is 0 Å². The van der Waals surface area contributed by atoms with Crippen molar-refractivity contribution in [2.75, 3.05) is 24.0 Å². The number of methoxy groups -OCH3 is 1.